The number of nitrogens with zero attached hydrogens (tertiary/aromatic N) is 1. The van der Waals surface area contributed by atoms with Gasteiger partial charge in [0.15, 0.2) is 9.84 Å². The SMILES string of the molecule is CCCCOC(=O)N[C@H]1COC(=O)Nc2ccc(S(=O)(=O)C3CC3)c(c2)CN(C)C(=O)[C@H](Nc2ccc3cc[nH]c(=O)c3c2)c2ccc1cc2. The molecule has 4 bridgehead atoms. The molecule has 4 N–H and O–H groups in total. The highest BCUT2D eigenvalue weighted by Crippen LogP contribution is 2.36. The molecule has 0 radical (unpaired) electrons. The predicted molar refractivity (Wildman–Crippen MR) is 188 cm³/mol. The number of carbonyl (C=O) groups is 3. The number of nitrogens with one attached hydrogen (secondary N) is 4. The number of H-pyrrole nitrogens is 1. The normalized spacial score (nSPS) is 18.3. The monoisotopic (exact) mass is 701 g/mol. The molecule has 1 saturated carbocycles. The Hall–Kier alpha value is -5.37. The third kappa shape index (κ3) is 7.75. The van der Waals surface area contributed by atoms with Gasteiger partial charge in [0.2, 0.25) is 5.91 Å². The number of pyridine rings is 1. The van der Waals surface area contributed by atoms with Crippen molar-refractivity contribution >= 4 is 50.1 Å². The van der Waals surface area contributed by atoms with Crippen LogP contribution in [-0.4, -0.2) is 61.9 Å². The zero-order valence-corrected chi connectivity index (χ0v) is 28.5. The minimum Gasteiger partial charge on any atom is -0.450 e. The van der Waals surface area contributed by atoms with Gasteiger partial charge < -0.3 is 30.0 Å². The maximum absolute atomic E-state index is 14.3. The summed E-state index contributed by atoms with van der Waals surface area (Å²) >= 11 is 0. The Morgan fingerprint density at radius 3 is 2.50 bits per heavy atom. The molecule has 2 aliphatic heterocycles. The lowest BCUT2D eigenvalue weighted by Crippen LogP contribution is -2.36. The third-order valence-electron chi connectivity index (χ3n) is 8.77. The van der Waals surface area contributed by atoms with E-state index in [1.54, 1.807) is 61.8 Å². The Balaban J connectivity index is 1.39. The average Bonchev–Trinajstić information content (AvgIpc) is 3.96. The smallest absolute Gasteiger partial charge is 0.411 e. The van der Waals surface area contributed by atoms with Crippen LogP contribution in [0.25, 0.3) is 10.8 Å². The minimum absolute atomic E-state index is 0.0789. The summed E-state index contributed by atoms with van der Waals surface area (Å²) in [4.78, 5) is 56.7. The number of amides is 3. The van der Waals surface area contributed by atoms with Gasteiger partial charge in [-0.05, 0) is 77.7 Å². The van der Waals surface area contributed by atoms with Gasteiger partial charge in [-0.2, -0.15) is 0 Å². The number of sulfone groups is 1. The topological polar surface area (TPSA) is 176 Å². The van der Waals surface area contributed by atoms with Crippen molar-refractivity contribution in [2.75, 3.05) is 30.9 Å². The van der Waals surface area contributed by atoms with Crippen LogP contribution in [0.5, 0.6) is 0 Å². The number of likely N-dealkylation sites (N-methyl/N-ethyl adjacent to an activating group) is 1. The first-order valence-corrected chi connectivity index (χ1v) is 18.0. The molecule has 50 heavy (non-hydrogen) atoms. The zero-order chi connectivity index (χ0) is 35.4. The molecule has 3 amide bonds. The third-order valence-corrected chi connectivity index (χ3v) is 11.1. The van der Waals surface area contributed by atoms with Crippen molar-refractivity contribution in [1.29, 1.82) is 0 Å². The number of alkyl carbamates (subject to hydrolysis) is 1. The predicted octanol–water partition coefficient (Wildman–Crippen LogP) is 5.41. The Morgan fingerprint density at radius 1 is 1.00 bits per heavy atom. The van der Waals surface area contributed by atoms with Crippen LogP contribution in [0, 0.1) is 0 Å². The molecule has 4 aromatic rings. The number of hydrogen-bond acceptors (Lipinski definition) is 9. The maximum Gasteiger partial charge on any atom is 0.411 e. The standard InChI is InChI=1S/C36H39N5O8S/c1-3-4-17-48-36(45)40-30-21-49-35(44)39-26-11-14-31(50(46,47)28-12-13-28)25(18-26)20-41(2)34(43)32(24-7-5-23(30)6-8-24)38-27-10-9-22-15-16-37-33(42)29(22)19-27/h5-11,14-16,18-19,28,30,32,38H,3-4,12-13,17,20-21H2,1-2H3,(H,37,42)(H,39,44)(H,40,45)/t30-,32+/m0/s1. The lowest BCUT2D eigenvalue weighted by Gasteiger charge is -2.27. The number of fused-ring (bicyclic) bond motifs is 10. The number of hydrogen-bond donors (Lipinski definition) is 4. The van der Waals surface area contributed by atoms with Crippen molar-refractivity contribution in [1.82, 2.24) is 15.2 Å². The molecule has 14 heteroatoms. The summed E-state index contributed by atoms with van der Waals surface area (Å²) < 4.78 is 37.7. The van der Waals surface area contributed by atoms with Crippen LogP contribution in [-0.2, 0) is 30.7 Å². The molecular formula is C36H39N5O8S. The summed E-state index contributed by atoms with van der Waals surface area (Å²) in [5.74, 6) is -0.381. The van der Waals surface area contributed by atoms with Crippen molar-refractivity contribution in [3.8, 4) is 0 Å². The highest BCUT2D eigenvalue weighted by atomic mass is 32.2. The highest BCUT2D eigenvalue weighted by Gasteiger charge is 2.38. The fourth-order valence-electron chi connectivity index (χ4n) is 5.85. The first-order valence-electron chi connectivity index (χ1n) is 16.5. The minimum atomic E-state index is -3.67. The number of aromatic nitrogens is 1. The molecule has 13 nitrogen and oxygen atoms in total. The van der Waals surface area contributed by atoms with Crippen LogP contribution in [0.1, 0.15) is 61.4 Å². The quantitative estimate of drug-likeness (QED) is 0.175. The average molecular weight is 702 g/mol. The molecule has 262 valence electrons. The van der Waals surface area contributed by atoms with Gasteiger partial charge in [0.1, 0.15) is 12.6 Å². The molecule has 3 aromatic carbocycles. The van der Waals surface area contributed by atoms with E-state index in [4.69, 9.17) is 9.47 Å². The van der Waals surface area contributed by atoms with Crippen molar-refractivity contribution in [2.24, 2.45) is 0 Å². The van der Waals surface area contributed by atoms with Gasteiger partial charge in [-0.3, -0.25) is 14.9 Å². The van der Waals surface area contributed by atoms with Crippen LogP contribution < -0.4 is 21.5 Å². The van der Waals surface area contributed by atoms with Crippen LogP contribution in [0.2, 0.25) is 0 Å². The Kier molecular flexibility index (Phi) is 10.1. The Labute approximate surface area is 289 Å². The van der Waals surface area contributed by atoms with E-state index in [9.17, 15) is 27.6 Å². The lowest BCUT2D eigenvalue weighted by molar-refractivity contribution is -0.131. The number of unbranched alkanes of at least 4 members (excludes halogenated alkanes) is 1. The van der Waals surface area contributed by atoms with E-state index in [1.807, 2.05) is 6.92 Å². The molecule has 0 saturated heterocycles. The number of rotatable bonds is 8. The number of carbonyl (C=O) groups excluding carboxylic acids is 3. The Bertz CT molecular complexity index is 2080. The van der Waals surface area contributed by atoms with E-state index in [-0.39, 0.29) is 41.8 Å². The molecule has 0 spiro atoms. The molecule has 1 fully saturated rings. The largest absolute Gasteiger partial charge is 0.450 e. The second kappa shape index (κ2) is 14.6. The van der Waals surface area contributed by atoms with E-state index in [2.05, 4.69) is 20.9 Å². The first-order chi connectivity index (χ1) is 24.0. The molecule has 7 rings (SSSR count). The van der Waals surface area contributed by atoms with Gasteiger partial charge in [-0.1, -0.05) is 43.7 Å². The van der Waals surface area contributed by atoms with Gasteiger partial charge in [0.05, 0.1) is 22.8 Å². The van der Waals surface area contributed by atoms with Gasteiger partial charge in [0.25, 0.3) is 5.56 Å². The summed E-state index contributed by atoms with van der Waals surface area (Å²) in [7, 11) is -2.10. The number of benzene rings is 3. The second-order valence-corrected chi connectivity index (χ2v) is 14.7. The van der Waals surface area contributed by atoms with Crippen molar-refractivity contribution in [3.63, 3.8) is 0 Å². The van der Waals surface area contributed by atoms with Gasteiger partial charge in [-0.15, -0.1) is 0 Å². The van der Waals surface area contributed by atoms with Crippen molar-refractivity contribution < 1.29 is 32.3 Å². The number of ether oxygens (including phenoxy) is 2. The van der Waals surface area contributed by atoms with Crippen molar-refractivity contribution in [2.45, 2.75) is 61.4 Å². The Morgan fingerprint density at radius 2 is 1.76 bits per heavy atom. The second-order valence-electron chi connectivity index (χ2n) is 12.5. The molecule has 3 aliphatic rings. The summed E-state index contributed by atoms with van der Waals surface area (Å²) in [5.41, 5.74) is 2.00. The van der Waals surface area contributed by atoms with Crippen LogP contribution in [0.4, 0.5) is 21.0 Å². The van der Waals surface area contributed by atoms with E-state index in [1.165, 1.54) is 23.1 Å². The fraction of sp³-hybridized carbons (Fsp3) is 0.333. The number of aromatic amines is 1. The van der Waals surface area contributed by atoms with Crippen LogP contribution in [0.15, 0.2) is 82.6 Å². The van der Waals surface area contributed by atoms with E-state index in [0.29, 0.717) is 47.0 Å². The highest BCUT2D eigenvalue weighted by molar-refractivity contribution is 7.92. The molecule has 3 heterocycles. The molecular weight excluding hydrogens is 662 g/mol. The van der Waals surface area contributed by atoms with E-state index < -0.39 is 39.4 Å². The zero-order valence-electron chi connectivity index (χ0n) is 27.7. The van der Waals surface area contributed by atoms with E-state index >= 15 is 0 Å². The van der Waals surface area contributed by atoms with Crippen LogP contribution >= 0.6 is 0 Å². The molecule has 0 unspecified atom stereocenters. The molecule has 1 aliphatic carbocycles. The first kappa shape index (κ1) is 34.5. The lowest BCUT2D eigenvalue weighted by atomic mass is 9.99. The van der Waals surface area contributed by atoms with Crippen LogP contribution in [0.3, 0.4) is 0 Å². The molecule has 1 aromatic heterocycles. The van der Waals surface area contributed by atoms with Crippen molar-refractivity contribution in [3.05, 3.63) is 100.0 Å². The summed E-state index contributed by atoms with van der Waals surface area (Å²) in [5, 5.41) is 9.36. The summed E-state index contributed by atoms with van der Waals surface area (Å²) in [6.45, 7) is 1.88. The number of anilines is 2. The fourth-order valence-corrected chi connectivity index (χ4v) is 7.71. The molecule has 2 atom stereocenters. The summed E-state index contributed by atoms with van der Waals surface area (Å²) in [6, 6.07) is 16.6. The summed E-state index contributed by atoms with van der Waals surface area (Å²) in [6.07, 6.45) is 2.72. The van der Waals surface area contributed by atoms with Gasteiger partial charge in [-0.25, -0.2) is 18.0 Å². The van der Waals surface area contributed by atoms with Gasteiger partial charge >= 0.3 is 12.2 Å². The maximum atomic E-state index is 14.3. The van der Waals surface area contributed by atoms with Gasteiger partial charge in [0, 0.05) is 36.6 Å². The van der Waals surface area contributed by atoms with E-state index in [0.717, 1.165) is 11.8 Å².